The summed E-state index contributed by atoms with van der Waals surface area (Å²) in [5, 5.41) is 7.48. The Labute approximate surface area is 184 Å². The van der Waals surface area contributed by atoms with E-state index in [2.05, 4.69) is 41.4 Å². The maximum atomic E-state index is 12.2. The van der Waals surface area contributed by atoms with E-state index < -0.39 is 0 Å². The lowest BCUT2D eigenvalue weighted by molar-refractivity contribution is 0.0967. The molecular formula is C23H23N5O2S. The summed E-state index contributed by atoms with van der Waals surface area (Å²) in [4.78, 5) is 20.0. The molecule has 0 radical (unpaired) electrons. The summed E-state index contributed by atoms with van der Waals surface area (Å²) in [6, 6.07) is 14.2. The third kappa shape index (κ3) is 3.80. The Balaban J connectivity index is 1.61. The lowest BCUT2D eigenvalue weighted by Gasteiger charge is -2.29. The Hall–Kier alpha value is -3.23. The van der Waals surface area contributed by atoms with Gasteiger partial charge in [-0.2, -0.15) is 5.10 Å². The van der Waals surface area contributed by atoms with Gasteiger partial charge in [-0.25, -0.2) is 9.67 Å². The van der Waals surface area contributed by atoms with Crippen LogP contribution in [0.3, 0.4) is 0 Å². The van der Waals surface area contributed by atoms with Crippen LogP contribution in [0.25, 0.3) is 27.3 Å². The fourth-order valence-corrected chi connectivity index (χ4v) is 4.88. The van der Waals surface area contributed by atoms with Crippen LogP contribution in [0.5, 0.6) is 0 Å². The van der Waals surface area contributed by atoms with Crippen molar-refractivity contribution in [2.75, 3.05) is 38.3 Å². The van der Waals surface area contributed by atoms with Crippen LogP contribution in [0.1, 0.15) is 15.2 Å². The maximum absolute atomic E-state index is 12.2. The number of fused-ring (bicyclic) bond motifs is 1. The molecule has 1 fully saturated rings. The molecule has 0 unspecified atom stereocenters. The average Bonchev–Trinajstić information content (AvgIpc) is 3.46. The molecule has 31 heavy (non-hydrogen) atoms. The molecule has 7 nitrogen and oxygen atoms in total. The first-order valence-electron chi connectivity index (χ1n) is 10.2. The predicted molar refractivity (Wildman–Crippen MR) is 123 cm³/mol. The monoisotopic (exact) mass is 433 g/mol. The van der Waals surface area contributed by atoms with Crippen LogP contribution in [0.15, 0.2) is 48.7 Å². The first-order chi connectivity index (χ1) is 15.1. The van der Waals surface area contributed by atoms with E-state index in [9.17, 15) is 4.79 Å². The van der Waals surface area contributed by atoms with Gasteiger partial charge in [-0.15, -0.1) is 11.3 Å². The van der Waals surface area contributed by atoms with E-state index in [0.29, 0.717) is 18.1 Å². The molecule has 5 rings (SSSR count). The highest BCUT2D eigenvalue weighted by Crippen LogP contribution is 2.35. The molecule has 0 aliphatic carbocycles. The number of amides is 1. The fourth-order valence-electron chi connectivity index (χ4n) is 3.79. The van der Waals surface area contributed by atoms with E-state index in [0.717, 1.165) is 46.1 Å². The summed E-state index contributed by atoms with van der Waals surface area (Å²) in [6.07, 6.45) is 1.93. The lowest BCUT2D eigenvalue weighted by atomic mass is 10.1. The normalized spacial score (nSPS) is 14.2. The van der Waals surface area contributed by atoms with Crippen molar-refractivity contribution >= 4 is 33.1 Å². The first-order valence-corrected chi connectivity index (χ1v) is 11.1. The van der Waals surface area contributed by atoms with Crippen LogP contribution >= 0.6 is 11.3 Å². The Morgan fingerprint density at radius 1 is 1.16 bits per heavy atom. The first kappa shape index (κ1) is 19.7. The minimum absolute atomic E-state index is 0.0988. The maximum Gasteiger partial charge on any atom is 0.261 e. The van der Waals surface area contributed by atoms with Gasteiger partial charge in [0.1, 0.15) is 0 Å². The highest BCUT2D eigenvalue weighted by molar-refractivity contribution is 7.21. The molecule has 0 atom stereocenters. The van der Waals surface area contributed by atoms with Crippen molar-refractivity contribution in [3.63, 3.8) is 0 Å². The zero-order chi connectivity index (χ0) is 21.4. The second kappa shape index (κ2) is 8.13. The third-order valence-electron chi connectivity index (χ3n) is 5.39. The van der Waals surface area contributed by atoms with Crippen molar-refractivity contribution in [2.24, 2.45) is 0 Å². The molecule has 1 saturated heterocycles. The van der Waals surface area contributed by atoms with Crippen LogP contribution in [0, 0.1) is 6.92 Å². The van der Waals surface area contributed by atoms with Crippen LogP contribution in [-0.2, 0) is 4.74 Å². The molecule has 3 aromatic heterocycles. The van der Waals surface area contributed by atoms with E-state index in [1.807, 2.05) is 24.4 Å². The van der Waals surface area contributed by atoms with Gasteiger partial charge in [0, 0.05) is 38.0 Å². The van der Waals surface area contributed by atoms with Gasteiger partial charge >= 0.3 is 0 Å². The van der Waals surface area contributed by atoms with Gasteiger partial charge in [-0.1, -0.05) is 23.8 Å². The standard InChI is InChI=1S/C23H23N5O2S/c1-15-4-3-5-16(12-15)17-6-7-28(26-17)21-14-19(27-8-10-30-11-9-27)22-18(25-21)13-20(31-22)23(29)24-2/h3-7,12-14H,8-11H2,1-2H3,(H,24,29). The van der Waals surface area contributed by atoms with Crippen LogP contribution in [-0.4, -0.2) is 54.0 Å². The molecule has 4 heterocycles. The van der Waals surface area contributed by atoms with E-state index >= 15 is 0 Å². The second-order valence-electron chi connectivity index (χ2n) is 7.52. The quantitative estimate of drug-likeness (QED) is 0.532. The van der Waals surface area contributed by atoms with Gasteiger partial charge in [0.2, 0.25) is 0 Å². The predicted octanol–water partition coefficient (Wildman–Crippen LogP) is 3.65. The van der Waals surface area contributed by atoms with Gasteiger partial charge in [0.15, 0.2) is 5.82 Å². The number of nitrogens with one attached hydrogen (secondary N) is 1. The molecule has 8 heteroatoms. The average molecular weight is 434 g/mol. The molecule has 0 saturated carbocycles. The number of aryl methyl sites for hydroxylation is 1. The summed E-state index contributed by atoms with van der Waals surface area (Å²) >= 11 is 1.47. The van der Waals surface area contributed by atoms with Gasteiger partial charge < -0.3 is 15.0 Å². The second-order valence-corrected chi connectivity index (χ2v) is 8.57. The molecular weight excluding hydrogens is 410 g/mol. The van der Waals surface area contributed by atoms with Crippen LogP contribution in [0.2, 0.25) is 0 Å². The number of morpholine rings is 1. The number of ether oxygens (including phenoxy) is 1. The van der Waals surface area contributed by atoms with Crippen LogP contribution < -0.4 is 10.2 Å². The largest absolute Gasteiger partial charge is 0.378 e. The van der Waals surface area contributed by atoms with Gasteiger partial charge in [0.25, 0.3) is 5.91 Å². The zero-order valence-electron chi connectivity index (χ0n) is 17.5. The van der Waals surface area contributed by atoms with E-state index in [-0.39, 0.29) is 5.91 Å². The van der Waals surface area contributed by atoms with Crippen molar-refractivity contribution in [3.8, 4) is 17.1 Å². The van der Waals surface area contributed by atoms with Gasteiger partial charge in [0.05, 0.1) is 39.7 Å². The zero-order valence-corrected chi connectivity index (χ0v) is 18.3. The number of rotatable bonds is 4. The molecule has 4 aromatic rings. The number of pyridine rings is 1. The lowest BCUT2D eigenvalue weighted by Crippen LogP contribution is -2.36. The number of thiophene rings is 1. The van der Waals surface area contributed by atoms with Gasteiger partial charge in [-0.3, -0.25) is 4.79 Å². The number of anilines is 1. The van der Waals surface area contributed by atoms with Crippen molar-refractivity contribution in [3.05, 3.63) is 59.1 Å². The van der Waals surface area contributed by atoms with Gasteiger partial charge in [-0.05, 0) is 25.1 Å². The molecule has 158 valence electrons. The van der Waals surface area contributed by atoms with Crippen molar-refractivity contribution in [1.29, 1.82) is 0 Å². The Morgan fingerprint density at radius 3 is 2.77 bits per heavy atom. The Morgan fingerprint density at radius 2 is 2.00 bits per heavy atom. The van der Waals surface area contributed by atoms with Crippen molar-refractivity contribution in [2.45, 2.75) is 6.92 Å². The number of nitrogens with zero attached hydrogens (tertiary/aromatic N) is 4. The Kier molecular flexibility index (Phi) is 5.17. The van der Waals surface area contributed by atoms with Crippen molar-refractivity contribution in [1.82, 2.24) is 20.1 Å². The highest BCUT2D eigenvalue weighted by atomic mass is 32.1. The summed E-state index contributed by atoms with van der Waals surface area (Å²) < 4.78 is 8.35. The molecule has 1 amide bonds. The van der Waals surface area contributed by atoms with Crippen molar-refractivity contribution < 1.29 is 9.53 Å². The van der Waals surface area contributed by atoms with E-state index in [4.69, 9.17) is 14.8 Å². The molecule has 0 spiro atoms. The molecule has 1 N–H and O–H groups in total. The number of benzene rings is 1. The van der Waals surface area contributed by atoms with E-state index in [1.165, 1.54) is 16.9 Å². The van der Waals surface area contributed by atoms with E-state index in [1.54, 1.807) is 11.7 Å². The van der Waals surface area contributed by atoms with Crippen LogP contribution in [0.4, 0.5) is 5.69 Å². The number of carbonyl (C=O) groups is 1. The summed E-state index contributed by atoms with van der Waals surface area (Å²) in [7, 11) is 1.64. The molecule has 1 aliphatic rings. The number of carbonyl (C=O) groups excluding carboxylic acids is 1. The number of hydrogen-bond acceptors (Lipinski definition) is 6. The minimum Gasteiger partial charge on any atom is -0.378 e. The molecule has 1 aromatic carbocycles. The summed E-state index contributed by atoms with van der Waals surface area (Å²) in [5.41, 5.74) is 5.04. The number of aromatic nitrogens is 3. The topological polar surface area (TPSA) is 72.3 Å². The SMILES string of the molecule is CNC(=O)c1cc2nc(-n3ccc(-c4cccc(C)c4)n3)cc(N3CCOCC3)c2s1. The third-order valence-corrected chi connectivity index (χ3v) is 6.53. The molecule has 0 bridgehead atoms. The number of hydrogen-bond donors (Lipinski definition) is 1. The smallest absolute Gasteiger partial charge is 0.261 e. The summed E-state index contributed by atoms with van der Waals surface area (Å²) in [5.74, 6) is 0.632. The summed E-state index contributed by atoms with van der Waals surface area (Å²) in [6.45, 7) is 5.06. The molecule has 1 aliphatic heterocycles. The minimum atomic E-state index is -0.0988. The highest BCUT2D eigenvalue weighted by Gasteiger charge is 2.20. The fraction of sp³-hybridized carbons (Fsp3) is 0.261. The Bertz CT molecular complexity index is 1260.